The molecule has 0 aliphatic heterocycles. The fourth-order valence-corrected chi connectivity index (χ4v) is 1.88. The number of carboxylic acids is 1. The first kappa shape index (κ1) is 17.9. The summed E-state index contributed by atoms with van der Waals surface area (Å²) in [6.45, 7) is 2.20. The van der Waals surface area contributed by atoms with Crippen molar-refractivity contribution in [3.63, 3.8) is 0 Å². The zero-order valence-corrected chi connectivity index (χ0v) is 11.9. The van der Waals surface area contributed by atoms with E-state index in [-0.39, 0.29) is 6.42 Å². The Bertz CT molecular complexity index is 256. The van der Waals surface area contributed by atoms with Crippen molar-refractivity contribution >= 4 is 11.9 Å². The third kappa shape index (κ3) is 11.7. The molecule has 0 spiro atoms. The molecule has 5 nitrogen and oxygen atoms in total. The van der Waals surface area contributed by atoms with Gasteiger partial charge < -0.3 is 15.5 Å². The van der Waals surface area contributed by atoms with E-state index < -0.39 is 18.1 Å². The van der Waals surface area contributed by atoms with Crippen molar-refractivity contribution in [2.24, 2.45) is 0 Å². The molecule has 19 heavy (non-hydrogen) atoms. The molecule has 0 radical (unpaired) electrons. The van der Waals surface area contributed by atoms with Crippen LogP contribution in [-0.4, -0.2) is 28.3 Å². The Kier molecular flexibility index (Phi) is 11.3. The highest BCUT2D eigenvalue weighted by Gasteiger charge is 2.15. The molecular formula is C14H27NO4. The van der Waals surface area contributed by atoms with Gasteiger partial charge in [0.2, 0.25) is 12.1 Å². The van der Waals surface area contributed by atoms with Crippen LogP contribution in [0.4, 0.5) is 0 Å². The lowest BCUT2D eigenvalue weighted by molar-refractivity contribution is -0.151. The minimum Gasteiger partial charge on any atom is -0.478 e. The van der Waals surface area contributed by atoms with Crippen LogP contribution in [-0.2, 0) is 9.59 Å². The predicted octanol–water partition coefficient (Wildman–Crippen LogP) is 2.43. The van der Waals surface area contributed by atoms with E-state index in [2.05, 4.69) is 6.92 Å². The molecule has 0 bridgehead atoms. The molecule has 0 aromatic heterocycles. The second-order valence-corrected chi connectivity index (χ2v) is 4.89. The van der Waals surface area contributed by atoms with Gasteiger partial charge >= 0.3 is 5.97 Å². The summed E-state index contributed by atoms with van der Waals surface area (Å²) in [6.07, 6.45) is 8.95. The number of unbranched alkanes of at least 4 members (excludes halogenated alkanes) is 8. The first-order chi connectivity index (χ1) is 9.07. The van der Waals surface area contributed by atoms with Crippen molar-refractivity contribution in [1.82, 2.24) is 5.32 Å². The molecule has 3 N–H and O–H groups in total. The third-order valence-electron chi connectivity index (χ3n) is 3.04. The lowest BCUT2D eigenvalue weighted by Gasteiger charge is -2.07. The van der Waals surface area contributed by atoms with Crippen LogP contribution in [0.3, 0.4) is 0 Å². The molecule has 0 fully saturated rings. The van der Waals surface area contributed by atoms with Crippen LogP contribution in [0.5, 0.6) is 0 Å². The molecule has 0 saturated heterocycles. The van der Waals surface area contributed by atoms with Crippen molar-refractivity contribution in [2.45, 2.75) is 77.4 Å². The molecule has 1 amide bonds. The van der Waals surface area contributed by atoms with Crippen molar-refractivity contribution in [3.05, 3.63) is 0 Å². The van der Waals surface area contributed by atoms with Gasteiger partial charge in [-0.3, -0.25) is 4.79 Å². The Hall–Kier alpha value is -1.10. The number of amides is 1. The number of aliphatic hydroxyl groups is 1. The smallest absolute Gasteiger partial charge is 0.353 e. The van der Waals surface area contributed by atoms with Gasteiger partial charge in [0.15, 0.2) is 0 Å². The number of aliphatic carboxylic acids is 1. The minimum atomic E-state index is -1.79. The Morgan fingerprint density at radius 1 is 0.947 bits per heavy atom. The van der Waals surface area contributed by atoms with Crippen LogP contribution in [0.2, 0.25) is 0 Å². The average Bonchev–Trinajstić information content (AvgIpc) is 2.36. The third-order valence-corrected chi connectivity index (χ3v) is 3.04. The summed E-state index contributed by atoms with van der Waals surface area (Å²) in [5.74, 6) is -1.83. The Balaban J connectivity index is 3.30. The van der Waals surface area contributed by atoms with Crippen molar-refractivity contribution in [2.75, 3.05) is 0 Å². The van der Waals surface area contributed by atoms with Crippen LogP contribution in [0.15, 0.2) is 0 Å². The first-order valence-corrected chi connectivity index (χ1v) is 7.28. The molecule has 0 heterocycles. The second-order valence-electron chi connectivity index (χ2n) is 4.89. The second kappa shape index (κ2) is 12.0. The summed E-state index contributed by atoms with van der Waals surface area (Å²) in [7, 11) is 0. The topological polar surface area (TPSA) is 86.6 Å². The predicted molar refractivity (Wildman–Crippen MR) is 73.6 cm³/mol. The van der Waals surface area contributed by atoms with E-state index in [9.17, 15) is 9.59 Å². The number of aliphatic hydroxyl groups excluding tert-OH is 1. The maximum atomic E-state index is 11.2. The van der Waals surface area contributed by atoms with E-state index in [0.29, 0.717) is 0 Å². The van der Waals surface area contributed by atoms with Gasteiger partial charge in [-0.25, -0.2) is 4.79 Å². The van der Waals surface area contributed by atoms with E-state index in [0.717, 1.165) is 19.3 Å². The van der Waals surface area contributed by atoms with Gasteiger partial charge in [-0.15, -0.1) is 0 Å². The largest absolute Gasteiger partial charge is 0.478 e. The Labute approximate surface area is 115 Å². The number of hydrogen-bond donors (Lipinski definition) is 3. The molecule has 0 aromatic carbocycles. The van der Waals surface area contributed by atoms with E-state index in [1.807, 2.05) is 5.32 Å². The molecule has 1 atom stereocenters. The maximum absolute atomic E-state index is 11.2. The molecular weight excluding hydrogens is 246 g/mol. The number of nitrogens with one attached hydrogen (secondary N) is 1. The molecule has 0 aromatic rings. The summed E-state index contributed by atoms with van der Waals surface area (Å²) >= 11 is 0. The maximum Gasteiger partial charge on any atom is 0.353 e. The van der Waals surface area contributed by atoms with Crippen molar-refractivity contribution in [1.29, 1.82) is 0 Å². The highest BCUT2D eigenvalue weighted by molar-refractivity contribution is 5.82. The standard InChI is InChI=1S/C14H27NO4/c1-2-3-4-5-6-7-8-9-10-11-12(16)15-13(17)14(18)19/h13,17H,2-11H2,1H3,(H,15,16)(H,18,19)/t13-/m0/s1. The summed E-state index contributed by atoms with van der Waals surface area (Å²) in [5.41, 5.74) is 0. The van der Waals surface area contributed by atoms with E-state index in [1.54, 1.807) is 0 Å². The monoisotopic (exact) mass is 273 g/mol. The zero-order valence-electron chi connectivity index (χ0n) is 11.9. The van der Waals surface area contributed by atoms with Crippen molar-refractivity contribution in [3.8, 4) is 0 Å². The average molecular weight is 273 g/mol. The van der Waals surface area contributed by atoms with Gasteiger partial charge in [0, 0.05) is 6.42 Å². The van der Waals surface area contributed by atoms with E-state index in [4.69, 9.17) is 10.2 Å². The zero-order chi connectivity index (χ0) is 14.5. The Morgan fingerprint density at radius 2 is 1.42 bits per heavy atom. The molecule has 0 unspecified atom stereocenters. The van der Waals surface area contributed by atoms with Gasteiger partial charge in [0.05, 0.1) is 0 Å². The highest BCUT2D eigenvalue weighted by Crippen LogP contribution is 2.10. The molecule has 5 heteroatoms. The van der Waals surface area contributed by atoms with Gasteiger partial charge in [-0.1, -0.05) is 58.3 Å². The van der Waals surface area contributed by atoms with Crippen LogP contribution in [0, 0.1) is 0 Å². The van der Waals surface area contributed by atoms with Crippen LogP contribution >= 0.6 is 0 Å². The number of carbonyl (C=O) groups is 2. The van der Waals surface area contributed by atoms with Gasteiger partial charge in [0.25, 0.3) is 0 Å². The van der Waals surface area contributed by atoms with Crippen LogP contribution in [0.25, 0.3) is 0 Å². The number of carbonyl (C=O) groups excluding carboxylic acids is 1. The summed E-state index contributed by atoms with van der Waals surface area (Å²) in [5, 5.41) is 19.3. The number of rotatable bonds is 12. The fraction of sp³-hybridized carbons (Fsp3) is 0.857. The van der Waals surface area contributed by atoms with Gasteiger partial charge in [-0.2, -0.15) is 0 Å². The lowest BCUT2D eigenvalue weighted by Crippen LogP contribution is -2.40. The quantitative estimate of drug-likeness (QED) is 0.376. The summed E-state index contributed by atoms with van der Waals surface area (Å²) in [4.78, 5) is 21.5. The number of hydrogen-bond acceptors (Lipinski definition) is 3. The minimum absolute atomic E-state index is 0.278. The van der Waals surface area contributed by atoms with Crippen LogP contribution in [0.1, 0.15) is 71.1 Å². The SMILES string of the molecule is CCCCCCCCCCCC(=O)N[C@@H](O)C(=O)O. The molecule has 0 aliphatic carbocycles. The molecule has 0 aliphatic rings. The van der Waals surface area contributed by atoms with Crippen molar-refractivity contribution < 1.29 is 19.8 Å². The summed E-state index contributed by atoms with van der Waals surface area (Å²) < 4.78 is 0. The highest BCUT2D eigenvalue weighted by atomic mass is 16.4. The summed E-state index contributed by atoms with van der Waals surface area (Å²) in [6, 6.07) is 0. The molecule has 112 valence electrons. The lowest BCUT2D eigenvalue weighted by atomic mass is 10.1. The van der Waals surface area contributed by atoms with Gasteiger partial charge in [-0.05, 0) is 6.42 Å². The van der Waals surface area contributed by atoms with E-state index >= 15 is 0 Å². The Morgan fingerprint density at radius 3 is 1.89 bits per heavy atom. The molecule has 0 saturated carbocycles. The number of carboxylic acid groups (broad SMARTS) is 1. The normalized spacial score (nSPS) is 12.1. The van der Waals surface area contributed by atoms with E-state index in [1.165, 1.54) is 38.5 Å². The van der Waals surface area contributed by atoms with Crippen LogP contribution < -0.4 is 5.32 Å². The van der Waals surface area contributed by atoms with Gasteiger partial charge in [0.1, 0.15) is 0 Å². The first-order valence-electron chi connectivity index (χ1n) is 7.28. The molecule has 0 rings (SSSR count). The fourth-order valence-electron chi connectivity index (χ4n) is 1.88.